The number of aromatic hydroxyl groups is 1. The van der Waals surface area contributed by atoms with Crippen molar-refractivity contribution in [3.8, 4) is 5.75 Å². The van der Waals surface area contributed by atoms with Crippen molar-refractivity contribution in [3.63, 3.8) is 0 Å². The lowest BCUT2D eigenvalue weighted by Gasteiger charge is -2.50. The van der Waals surface area contributed by atoms with Crippen LogP contribution < -0.4 is 0 Å². The molecule has 0 amide bonds. The molecule has 0 spiro atoms. The molecule has 1 aromatic rings. The number of benzene rings is 1. The molecule has 150 valence electrons. The molecule has 28 heavy (non-hydrogen) atoms. The molecule has 2 saturated carbocycles. The minimum atomic E-state index is -0.817. The summed E-state index contributed by atoms with van der Waals surface area (Å²) in [7, 11) is 0. The van der Waals surface area contributed by atoms with E-state index in [4.69, 9.17) is 14.2 Å². The summed E-state index contributed by atoms with van der Waals surface area (Å²) in [5, 5.41) is 9.82. The highest BCUT2D eigenvalue weighted by Gasteiger charge is 2.66. The van der Waals surface area contributed by atoms with E-state index in [-0.39, 0.29) is 23.5 Å². The lowest BCUT2D eigenvalue weighted by molar-refractivity contribution is -0.163. The Morgan fingerprint density at radius 2 is 1.75 bits per heavy atom. The first-order chi connectivity index (χ1) is 13.5. The van der Waals surface area contributed by atoms with Crippen molar-refractivity contribution in [1.29, 1.82) is 0 Å². The highest BCUT2D eigenvalue weighted by molar-refractivity contribution is 5.44. The SMILES string of the molecule is C[C@]12CC[C@@H]3c4ccc(O)cc4CC[C@H]3[C@@H]1C(OC=O)C(OC=O)C2OC=O. The summed E-state index contributed by atoms with van der Waals surface area (Å²) in [6.07, 6.45) is 1.16. The second kappa shape index (κ2) is 7.11. The zero-order valence-electron chi connectivity index (χ0n) is 15.7. The van der Waals surface area contributed by atoms with Gasteiger partial charge in [-0.2, -0.15) is 0 Å². The molecule has 0 aliphatic heterocycles. The highest BCUT2D eigenvalue weighted by atomic mass is 16.6. The first kappa shape index (κ1) is 18.8. The number of carbonyl (C=O) groups excluding carboxylic acids is 3. The van der Waals surface area contributed by atoms with E-state index in [2.05, 4.69) is 0 Å². The average Bonchev–Trinajstić information content (AvgIpc) is 2.91. The molecule has 3 aliphatic carbocycles. The largest absolute Gasteiger partial charge is 0.508 e. The molecule has 0 saturated heterocycles. The van der Waals surface area contributed by atoms with E-state index in [0.29, 0.717) is 19.4 Å². The summed E-state index contributed by atoms with van der Waals surface area (Å²) in [5.74, 6) is 0.610. The summed E-state index contributed by atoms with van der Waals surface area (Å²) in [6, 6.07) is 5.51. The zero-order chi connectivity index (χ0) is 19.9. The van der Waals surface area contributed by atoms with Gasteiger partial charge in [-0.25, -0.2) is 0 Å². The number of carbonyl (C=O) groups is 3. The Balaban J connectivity index is 1.76. The molecule has 3 unspecified atom stereocenters. The van der Waals surface area contributed by atoms with Crippen molar-refractivity contribution in [2.75, 3.05) is 0 Å². The Bertz CT molecular complexity index is 778. The molecule has 7 nitrogen and oxygen atoms in total. The molecule has 0 radical (unpaired) electrons. The van der Waals surface area contributed by atoms with Gasteiger partial charge in [0.1, 0.15) is 18.0 Å². The second-order valence-corrected chi connectivity index (χ2v) is 8.31. The van der Waals surface area contributed by atoms with Gasteiger partial charge in [0.15, 0.2) is 6.10 Å². The van der Waals surface area contributed by atoms with Crippen LogP contribution in [-0.2, 0) is 35.0 Å². The molecule has 7 atom stereocenters. The molecule has 0 bridgehead atoms. The summed E-state index contributed by atoms with van der Waals surface area (Å²) in [6.45, 7) is 3.12. The van der Waals surface area contributed by atoms with E-state index >= 15 is 0 Å². The smallest absolute Gasteiger partial charge is 0.293 e. The van der Waals surface area contributed by atoms with Gasteiger partial charge in [-0.15, -0.1) is 0 Å². The van der Waals surface area contributed by atoms with Gasteiger partial charge in [0, 0.05) is 11.3 Å². The van der Waals surface area contributed by atoms with Gasteiger partial charge in [-0.05, 0) is 60.8 Å². The molecule has 3 aliphatic rings. The van der Waals surface area contributed by atoms with E-state index in [1.165, 1.54) is 5.56 Å². The maximum absolute atomic E-state index is 11.2. The van der Waals surface area contributed by atoms with E-state index < -0.39 is 23.7 Å². The van der Waals surface area contributed by atoms with Gasteiger partial charge in [-0.3, -0.25) is 14.4 Å². The first-order valence-electron chi connectivity index (χ1n) is 9.64. The number of hydrogen-bond acceptors (Lipinski definition) is 7. The van der Waals surface area contributed by atoms with Crippen molar-refractivity contribution in [2.45, 2.75) is 56.8 Å². The van der Waals surface area contributed by atoms with Crippen LogP contribution in [-0.4, -0.2) is 42.8 Å². The van der Waals surface area contributed by atoms with Gasteiger partial charge < -0.3 is 19.3 Å². The number of fused-ring (bicyclic) bond motifs is 5. The summed E-state index contributed by atoms with van der Waals surface area (Å²) in [5.41, 5.74) is 1.91. The normalized spacial score (nSPS) is 38.3. The Kier molecular flexibility index (Phi) is 4.77. The Hall–Kier alpha value is -2.57. The quantitative estimate of drug-likeness (QED) is 0.588. The van der Waals surface area contributed by atoms with E-state index in [1.807, 2.05) is 19.1 Å². The molecular weight excluding hydrogens is 364 g/mol. The number of ether oxygens (including phenoxy) is 3. The van der Waals surface area contributed by atoms with Crippen LogP contribution in [0.3, 0.4) is 0 Å². The lowest BCUT2D eigenvalue weighted by atomic mass is 9.55. The third-order valence-electron chi connectivity index (χ3n) is 7.26. The van der Waals surface area contributed by atoms with Crippen molar-refractivity contribution >= 4 is 19.4 Å². The van der Waals surface area contributed by atoms with Gasteiger partial charge in [-0.1, -0.05) is 13.0 Å². The molecule has 1 aromatic carbocycles. The number of phenolic OH excluding ortho intramolecular Hbond substituents is 1. The van der Waals surface area contributed by atoms with Crippen LogP contribution in [0.2, 0.25) is 0 Å². The Morgan fingerprint density at radius 3 is 2.46 bits per heavy atom. The fraction of sp³-hybridized carbons (Fsp3) is 0.571. The summed E-state index contributed by atoms with van der Waals surface area (Å²) < 4.78 is 16.1. The molecule has 4 rings (SSSR count). The number of phenols is 1. The fourth-order valence-corrected chi connectivity index (χ4v) is 6.28. The number of hydrogen-bond donors (Lipinski definition) is 1. The van der Waals surface area contributed by atoms with Gasteiger partial charge in [0.25, 0.3) is 19.4 Å². The molecular formula is C21H24O7. The first-order valence-corrected chi connectivity index (χ1v) is 9.64. The molecule has 7 heteroatoms. The Morgan fingerprint density at radius 1 is 1.04 bits per heavy atom. The monoisotopic (exact) mass is 388 g/mol. The average molecular weight is 388 g/mol. The molecule has 1 N–H and O–H groups in total. The lowest BCUT2D eigenvalue weighted by Crippen LogP contribution is -2.47. The van der Waals surface area contributed by atoms with Crippen LogP contribution in [0.15, 0.2) is 18.2 Å². The summed E-state index contributed by atoms with van der Waals surface area (Å²) in [4.78, 5) is 33.5. The molecule has 2 fully saturated rings. The molecule has 0 aromatic heterocycles. The van der Waals surface area contributed by atoms with Crippen molar-refractivity contribution in [2.24, 2.45) is 17.3 Å². The fourth-order valence-electron chi connectivity index (χ4n) is 6.28. The number of rotatable bonds is 6. The van der Waals surface area contributed by atoms with Crippen LogP contribution >= 0.6 is 0 Å². The van der Waals surface area contributed by atoms with Crippen molar-refractivity contribution < 1.29 is 33.7 Å². The number of aryl methyl sites for hydroxylation is 1. The Labute approximate surface area is 163 Å². The topological polar surface area (TPSA) is 99.1 Å². The zero-order valence-corrected chi connectivity index (χ0v) is 15.7. The van der Waals surface area contributed by atoms with Gasteiger partial charge >= 0.3 is 0 Å². The summed E-state index contributed by atoms with van der Waals surface area (Å²) >= 11 is 0. The third kappa shape index (κ3) is 2.67. The van der Waals surface area contributed by atoms with E-state index in [1.54, 1.807) is 6.07 Å². The van der Waals surface area contributed by atoms with Crippen molar-refractivity contribution in [1.82, 2.24) is 0 Å². The van der Waals surface area contributed by atoms with Crippen LogP contribution in [0.1, 0.15) is 43.2 Å². The van der Waals surface area contributed by atoms with E-state index in [9.17, 15) is 19.5 Å². The molecule has 0 heterocycles. The van der Waals surface area contributed by atoms with Gasteiger partial charge in [0.05, 0.1) is 0 Å². The van der Waals surface area contributed by atoms with Crippen LogP contribution in [0.4, 0.5) is 0 Å². The van der Waals surface area contributed by atoms with Crippen LogP contribution in [0.5, 0.6) is 5.75 Å². The predicted octanol–water partition coefficient (Wildman–Crippen LogP) is 2.09. The van der Waals surface area contributed by atoms with Crippen molar-refractivity contribution in [3.05, 3.63) is 29.3 Å². The minimum Gasteiger partial charge on any atom is -0.508 e. The maximum Gasteiger partial charge on any atom is 0.293 e. The second-order valence-electron chi connectivity index (χ2n) is 8.31. The maximum atomic E-state index is 11.2. The van der Waals surface area contributed by atoms with Crippen LogP contribution in [0, 0.1) is 17.3 Å². The van der Waals surface area contributed by atoms with Gasteiger partial charge in [0.2, 0.25) is 0 Å². The minimum absolute atomic E-state index is 0.103. The highest BCUT2D eigenvalue weighted by Crippen LogP contribution is 2.62. The van der Waals surface area contributed by atoms with E-state index in [0.717, 1.165) is 31.2 Å². The predicted molar refractivity (Wildman–Crippen MR) is 96.3 cm³/mol. The third-order valence-corrected chi connectivity index (χ3v) is 7.26. The van der Waals surface area contributed by atoms with Crippen LogP contribution in [0.25, 0.3) is 0 Å². The standard InChI is InChI=1S/C21H24O7/c1-21-7-6-15-14-5-3-13(25)8-12(14)2-4-16(15)17(21)18(26-9-22)19(27-10-23)20(21)28-11-24/h3,5,8-11,15-20,25H,2,4,6-7H2,1H3/t15-,16-,17-,18?,19?,20?,21+/m1/s1.